The number of aliphatic hydroxyl groups excluding tert-OH is 1. The monoisotopic (exact) mass is 267 g/mol. The average molecular weight is 267 g/mol. The highest BCUT2D eigenvalue weighted by Crippen LogP contribution is 2.13. The molecule has 0 bridgehead atoms. The van der Waals surface area contributed by atoms with Gasteiger partial charge >= 0.3 is 5.97 Å². The van der Waals surface area contributed by atoms with Crippen LogP contribution in [-0.4, -0.2) is 47.9 Å². The van der Waals surface area contributed by atoms with E-state index < -0.39 is 12.3 Å². The molecule has 5 heteroatoms. The lowest BCUT2D eigenvalue weighted by molar-refractivity contribution is -0.147. The zero-order valence-corrected chi connectivity index (χ0v) is 10.7. The minimum Gasteiger partial charge on any atom is -0.460 e. The van der Waals surface area contributed by atoms with Gasteiger partial charge in [-0.3, -0.25) is 9.69 Å². The normalized spacial score (nSPS) is 24.1. The van der Waals surface area contributed by atoms with E-state index in [9.17, 15) is 14.3 Å². The highest BCUT2D eigenvalue weighted by molar-refractivity contribution is 5.71. The molecular formula is C14H18FNO3. The van der Waals surface area contributed by atoms with Crippen LogP contribution in [-0.2, 0) is 16.1 Å². The van der Waals surface area contributed by atoms with Crippen molar-refractivity contribution in [2.24, 2.45) is 0 Å². The van der Waals surface area contributed by atoms with E-state index in [1.54, 1.807) is 4.90 Å². The molecule has 2 atom stereocenters. The number of aliphatic hydroxyl groups is 1. The molecule has 1 fully saturated rings. The van der Waals surface area contributed by atoms with Gasteiger partial charge < -0.3 is 9.84 Å². The molecule has 104 valence electrons. The number of benzene rings is 1. The van der Waals surface area contributed by atoms with Crippen molar-refractivity contribution < 1.29 is 19.0 Å². The van der Waals surface area contributed by atoms with Crippen LogP contribution in [0.2, 0.25) is 0 Å². The molecule has 1 aliphatic heterocycles. The van der Waals surface area contributed by atoms with Crippen LogP contribution < -0.4 is 0 Å². The maximum Gasteiger partial charge on any atom is 0.320 e. The van der Waals surface area contributed by atoms with Gasteiger partial charge in [0.15, 0.2) is 0 Å². The summed E-state index contributed by atoms with van der Waals surface area (Å²) in [5.41, 5.74) is 0.924. The zero-order valence-electron chi connectivity index (χ0n) is 10.7. The van der Waals surface area contributed by atoms with Crippen molar-refractivity contribution in [3.63, 3.8) is 0 Å². The molecule has 1 unspecified atom stereocenters. The summed E-state index contributed by atoms with van der Waals surface area (Å²) in [4.78, 5) is 13.3. The average Bonchev–Trinajstić information content (AvgIpc) is 2.42. The molecule has 1 aromatic rings. The first-order valence-electron chi connectivity index (χ1n) is 6.39. The third-order valence-electron chi connectivity index (χ3n) is 3.19. The summed E-state index contributed by atoms with van der Waals surface area (Å²) >= 11 is 0. The maximum absolute atomic E-state index is 13.3. The Morgan fingerprint density at radius 3 is 2.84 bits per heavy atom. The van der Waals surface area contributed by atoms with Gasteiger partial charge in [-0.15, -0.1) is 0 Å². The van der Waals surface area contributed by atoms with Crippen molar-refractivity contribution in [1.82, 2.24) is 4.90 Å². The van der Waals surface area contributed by atoms with Gasteiger partial charge in [0.25, 0.3) is 0 Å². The molecule has 0 saturated carbocycles. The third kappa shape index (κ3) is 4.29. The predicted molar refractivity (Wildman–Crippen MR) is 68.2 cm³/mol. The minimum absolute atomic E-state index is 0.0694. The lowest BCUT2D eigenvalue weighted by Crippen LogP contribution is -2.46. The number of hydrogen-bond donors (Lipinski definition) is 1. The maximum atomic E-state index is 13.3. The van der Waals surface area contributed by atoms with Crippen molar-refractivity contribution in [2.75, 3.05) is 19.6 Å². The molecule has 0 amide bonds. The van der Waals surface area contributed by atoms with Gasteiger partial charge in [0, 0.05) is 13.1 Å². The fraction of sp³-hybridized carbons (Fsp3) is 0.500. The van der Waals surface area contributed by atoms with E-state index in [1.165, 1.54) is 0 Å². The summed E-state index contributed by atoms with van der Waals surface area (Å²) in [5.74, 6) is -0.368. The lowest BCUT2D eigenvalue weighted by atomic mass is 10.1. The topological polar surface area (TPSA) is 49.8 Å². The van der Waals surface area contributed by atoms with E-state index in [4.69, 9.17) is 4.74 Å². The molecule has 2 rings (SSSR count). The van der Waals surface area contributed by atoms with Crippen LogP contribution in [0.5, 0.6) is 0 Å². The molecule has 1 heterocycles. The first kappa shape index (κ1) is 14.0. The Kier molecular flexibility index (Phi) is 4.87. The summed E-state index contributed by atoms with van der Waals surface area (Å²) in [7, 11) is 0. The van der Waals surface area contributed by atoms with Crippen LogP contribution in [0.4, 0.5) is 4.39 Å². The van der Waals surface area contributed by atoms with Crippen LogP contribution in [0.1, 0.15) is 12.0 Å². The number of esters is 1. The predicted octanol–water partition coefficient (Wildman–Crippen LogP) is 1.13. The van der Waals surface area contributed by atoms with Gasteiger partial charge in [0.2, 0.25) is 0 Å². The fourth-order valence-electron chi connectivity index (χ4n) is 2.07. The molecular weight excluding hydrogens is 249 g/mol. The number of hydrogen-bond acceptors (Lipinski definition) is 4. The van der Waals surface area contributed by atoms with E-state index >= 15 is 0 Å². The summed E-state index contributed by atoms with van der Waals surface area (Å²) < 4.78 is 18.4. The summed E-state index contributed by atoms with van der Waals surface area (Å²) in [5, 5.41) is 9.26. The Balaban J connectivity index is 1.73. The smallest absolute Gasteiger partial charge is 0.320 e. The van der Waals surface area contributed by atoms with E-state index in [0.717, 1.165) is 5.56 Å². The third-order valence-corrected chi connectivity index (χ3v) is 3.19. The first-order valence-corrected chi connectivity index (χ1v) is 6.39. The number of ether oxygens (including phenoxy) is 1. The fourth-order valence-corrected chi connectivity index (χ4v) is 2.07. The van der Waals surface area contributed by atoms with Crippen LogP contribution in [0.3, 0.4) is 0 Å². The molecule has 4 nitrogen and oxygen atoms in total. The molecule has 19 heavy (non-hydrogen) atoms. The lowest BCUT2D eigenvalue weighted by Gasteiger charge is -2.31. The van der Waals surface area contributed by atoms with Gasteiger partial charge in [0.1, 0.15) is 12.8 Å². The Labute approximate surface area is 111 Å². The Morgan fingerprint density at radius 2 is 2.16 bits per heavy atom. The van der Waals surface area contributed by atoms with Crippen molar-refractivity contribution >= 4 is 5.97 Å². The number of rotatable bonds is 4. The zero-order chi connectivity index (χ0) is 13.7. The molecule has 1 aromatic carbocycles. The number of nitrogens with zero attached hydrogens (tertiary/aromatic N) is 1. The highest BCUT2D eigenvalue weighted by Gasteiger charge is 2.28. The Morgan fingerprint density at radius 1 is 1.42 bits per heavy atom. The highest BCUT2D eigenvalue weighted by atomic mass is 19.1. The van der Waals surface area contributed by atoms with E-state index in [0.29, 0.717) is 13.0 Å². The van der Waals surface area contributed by atoms with Gasteiger partial charge in [-0.2, -0.15) is 0 Å². The van der Waals surface area contributed by atoms with E-state index in [-0.39, 0.29) is 25.7 Å². The Bertz CT molecular complexity index is 412. The largest absolute Gasteiger partial charge is 0.460 e. The van der Waals surface area contributed by atoms with Crippen molar-refractivity contribution in [1.29, 1.82) is 0 Å². The van der Waals surface area contributed by atoms with E-state index in [1.807, 2.05) is 30.3 Å². The van der Waals surface area contributed by atoms with Crippen molar-refractivity contribution in [2.45, 2.75) is 25.3 Å². The molecule has 1 aliphatic rings. The number of carbonyl (C=O) groups is 1. The number of carbonyl (C=O) groups excluding carboxylic acids is 1. The standard InChI is InChI=1S/C14H18FNO3/c15-12-8-16(7-6-13(12)17)9-14(18)19-10-11-4-2-1-3-5-11/h1-5,12-13,17H,6-10H2/t12?,13-/m0/s1. The molecule has 0 aliphatic carbocycles. The summed E-state index contributed by atoms with van der Waals surface area (Å²) in [6.07, 6.45) is -1.83. The van der Waals surface area contributed by atoms with Crippen LogP contribution in [0.25, 0.3) is 0 Å². The molecule has 0 radical (unpaired) electrons. The van der Waals surface area contributed by atoms with Gasteiger partial charge in [-0.05, 0) is 12.0 Å². The van der Waals surface area contributed by atoms with Crippen LogP contribution in [0, 0.1) is 0 Å². The number of likely N-dealkylation sites (tertiary alicyclic amines) is 1. The van der Waals surface area contributed by atoms with Gasteiger partial charge in [-0.25, -0.2) is 4.39 Å². The minimum atomic E-state index is -1.28. The summed E-state index contributed by atoms with van der Waals surface area (Å²) in [6.45, 7) is 0.902. The summed E-state index contributed by atoms with van der Waals surface area (Å²) in [6, 6.07) is 9.40. The number of halogens is 1. The Hall–Kier alpha value is -1.46. The number of alkyl halides is 1. The van der Waals surface area contributed by atoms with Gasteiger partial charge in [-0.1, -0.05) is 30.3 Å². The first-order chi connectivity index (χ1) is 9.15. The number of piperidine rings is 1. The second-order valence-electron chi connectivity index (χ2n) is 4.75. The molecule has 1 saturated heterocycles. The van der Waals surface area contributed by atoms with Crippen molar-refractivity contribution in [3.8, 4) is 0 Å². The van der Waals surface area contributed by atoms with Crippen molar-refractivity contribution in [3.05, 3.63) is 35.9 Å². The molecule has 1 N–H and O–H groups in total. The molecule has 0 aromatic heterocycles. The van der Waals surface area contributed by atoms with Crippen LogP contribution in [0.15, 0.2) is 30.3 Å². The quantitative estimate of drug-likeness (QED) is 0.831. The van der Waals surface area contributed by atoms with Crippen LogP contribution >= 0.6 is 0 Å². The van der Waals surface area contributed by atoms with Gasteiger partial charge in [0.05, 0.1) is 12.6 Å². The second-order valence-corrected chi connectivity index (χ2v) is 4.75. The second kappa shape index (κ2) is 6.63. The van der Waals surface area contributed by atoms with E-state index in [2.05, 4.69) is 0 Å². The SMILES string of the molecule is O=C(CN1CC[C@H](O)C(F)C1)OCc1ccccc1. The molecule has 0 spiro atoms.